The molecular weight excluding hydrogens is 278 g/mol. The molecule has 4 heteroatoms. The SMILES string of the molecule is Br.N=C(Nc1ccccc1)Nc1ccccc1. The molecule has 0 saturated heterocycles. The van der Waals surface area contributed by atoms with Crippen molar-refractivity contribution in [1.29, 1.82) is 5.41 Å². The van der Waals surface area contributed by atoms with Gasteiger partial charge in [-0.1, -0.05) is 36.4 Å². The maximum atomic E-state index is 7.74. The van der Waals surface area contributed by atoms with E-state index in [1.54, 1.807) is 0 Å². The van der Waals surface area contributed by atoms with Crippen LogP contribution in [0.2, 0.25) is 0 Å². The van der Waals surface area contributed by atoms with Gasteiger partial charge in [0.15, 0.2) is 5.96 Å². The zero-order valence-corrected chi connectivity index (χ0v) is 10.9. The summed E-state index contributed by atoms with van der Waals surface area (Å²) in [5, 5.41) is 13.7. The molecule has 17 heavy (non-hydrogen) atoms. The highest BCUT2D eigenvalue weighted by molar-refractivity contribution is 8.93. The van der Waals surface area contributed by atoms with Crippen molar-refractivity contribution in [1.82, 2.24) is 0 Å². The minimum absolute atomic E-state index is 0. The summed E-state index contributed by atoms with van der Waals surface area (Å²) in [6, 6.07) is 19.3. The molecule has 0 heterocycles. The summed E-state index contributed by atoms with van der Waals surface area (Å²) in [5.74, 6) is 0.261. The highest BCUT2D eigenvalue weighted by Gasteiger charge is 1.96. The van der Waals surface area contributed by atoms with Crippen molar-refractivity contribution >= 4 is 34.3 Å². The van der Waals surface area contributed by atoms with Crippen LogP contribution in [0.5, 0.6) is 0 Å². The third kappa shape index (κ3) is 4.28. The van der Waals surface area contributed by atoms with Gasteiger partial charge in [0.05, 0.1) is 0 Å². The van der Waals surface area contributed by atoms with Gasteiger partial charge in [-0.25, -0.2) is 0 Å². The molecule has 0 fully saturated rings. The Morgan fingerprint density at radius 2 is 1.06 bits per heavy atom. The molecule has 2 aromatic carbocycles. The lowest BCUT2D eigenvalue weighted by Gasteiger charge is -2.09. The molecule has 3 N–H and O–H groups in total. The third-order valence-electron chi connectivity index (χ3n) is 2.09. The molecule has 0 aliphatic heterocycles. The van der Waals surface area contributed by atoms with Gasteiger partial charge >= 0.3 is 0 Å². The monoisotopic (exact) mass is 291 g/mol. The Bertz CT molecular complexity index is 413. The lowest BCUT2D eigenvalue weighted by atomic mass is 10.3. The number of benzene rings is 2. The fourth-order valence-corrected chi connectivity index (χ4v) is 1.36. The summed E-state index contributed by atoms with van der Waals surface area (Å²) in [7, 11) is 0. The molecular formula is C13H14BrN3. The van der Waals surface area contributed by atoms with Gasteiger partial charge in [-0.05, 0) is 24.3 Å². The molecule has 2 rings (SSSR count). The van der Waals surface area contributed by atoms with Gasteiger partial charge in [0.1, 0.15) is 0 Å². The zero-order chi connectivity index (χ0) is 11.2. The number of rotatable bonds is 2. The van der Waals surface area contributed by atoms with Crippen LogP contribution < -0.4 is 10.6 Å². The number of halogens is 1. The van der Waals surface area contributed by atoms with Gasteiger partial charge in [-0.15, -0.1) is 17.0 Å². The number of hydrogen-bond donors (Lipinski definition) is 3. The van der Waals surface area contributed by atoms with Crippen molar-refractivity contribution in [2.24, 2.45) is 0 Å². The van der Waals surface area contributed by atoms with Crippen LogP contribution in [0.4, 0.5) is 11.4 Å². The standard InChI is InChI=1S/C13H13N3.BrH/c14-13(15-11-7-3-1-4-8-11)16-12-9-5-2-6-10-12;/h1-10H,(H3,14,15,16);1H. The second kappa shape index (κ2) is 6.70. The highest BCUT2D eigenvalue weighted by Crippen LogP contribution is 2.07. The molecule has 0 atom stereocenters. The minimum atomic E-state index is 0. The molecule has 0 radical (unpaired) electrons. The van der Waals surface area contributed by atoms with Crippen molar-refractivity contribution in [3.8, 4) is 0 Å². The Morgan fingerprint density at radius 1 is 0.706 bits per heavy atom. The van der Waals surface area contributed by atoms with E-state index in [-0.39, 0.29) is 22.9 Å². The summed E-state index contributed by atoms with van der Waals surface area (Å²) < 4.78 is 0. The highest BCUT2D eigenvalue weighted by atomic mass is 79.9. The second-order valence-electron chi connectivity index (χ2n) is 3.36. The summed E-state index contributed by atoms with van der Waals surface area (Å²) in [6.45, 7) is 0. The van der Waals surface area contributed by atoms with Crippen molar-refractivity contribution in [2.75, 3.05) is 10.6 Å². The van der Waals surface area contributed by atoms with Gasteiger partial charge < -0.3 is 10.6 Å². The van der Waals surface area contributed by atoms with E-state index in [1.165, 1.54) is 0 Å². The van der Waals surface area contributed by atoms with E-state index in [0.717, 1.165) is 11.4 Å². The summed E-state index contributed by atoms with van der Waals surface area (Å²) >= 11 is 0. The molecule has 0 amide bonds. The maximum absolute atomic E-state index is 7.74. The number of anilines is 2. The molecule has 0 aliphatic rings. The fourth-order valence-electron chi connectivity index (χ4n) is 1.36. The Morgan fingerprint density at radius 3 is 1.41 bits per heavy atom. The lowest BCUT2D eigenvalue weighted by Crippen LogP contribution is -2.20. The van der Waals surface area contributed by atoms with E-state index in [1.807, 2.05) is 60.7 Å². The van der Waals surface area contributed by atoms with Gasteiger partial charge in [0.25, 0.3) is 0 Å². The van der Waals surface area contributed by atoms with Crippen LogP contribution in [0.25, 0.3) is 0 Å². The Hall–Kier alpha value is -1.81. The summed E-state index contributed by atoms with van der Waals surface area (Å²) in [4.78, 5) is 0. The van der Waals surface area contributed by atoms with Gasteiger partial charge in [-0.2, -0.15) is 0 Å². The van der Waals surface area contributed by atoms with Crippen LogP contribution in [0.1, 0.15) is 0 Å². The van der Waals surface area contributed by atoms with Crippen molar-refractivity contribution in [3.05, 3.63) is 60.7 Å². The first-order valence-electron chi connectivity index (χ1n) is 5.07. The van der Waals surface area contributed by atoms with Crippen molar-refractivity contribution in [3.63, 3.8) is 0 Å². The molecule has 3 nitrogen and oxygen atoms in total. The van der Waals surface area contributed by atoms with Crippen LogP contribution in [-0.2, 0) is 0 Å². The Kier molecular flexibility index (Phi) is 5.23. The number of guanidine groups is 1. The van der Waals surface area contributed by atoms with E-state index < -0.39 is 0 Å². The first-order valence-corrected chi connectivity index (χ1v) is 5.07. The fraction of sp³-hybridized carbons (Fsp3) is 0. The topological polar surface area (TPSA) is 47.9 Å². The minimum Gasteiger partial charge on any atom is -0.326 e. The van der Waals surface area contributed by atoms with Crippen molar-refractivity contribution in [2.45, 2.75) is 0 Å². The first-order chi connectivity index (χ1) is 7.84. The molecule has 88 valence electrons. The van der Waals surface area contributed by atoms with Crippen LogP contribution >= 0.6 is 17.0 Å². The zero-order valence-electron chi connectivity index (χ0n) is 9.18. The van der Waals surface area contributed by atoms with Gasteiger partial charge in [-0.3, -0.25) is 5.41 Å². The molecule has 0 aliphatic carbocycles. The van der Waals surface area contributed by atoms with Crippen LogP contribution in [0.3, 0.4) is 0 Å². The van der Waals surface area contributed by atoms with Gasteiger partial charge in [0, 0.05) is 11.4 Å². The molecule has 0 bridgehead atoms. The van der Waals surface area contributed by atoms with E-state index >= 15 is 0 Å². The maximum Gasteiger partial charge on any atom is 0.197 e. The van der Waals surface area contributed by atoms with Crippen molar-refractivity contribution < 1.29 is 0 Å². The Balaban J connectivity index is 0.00000144. The number of nitrogens with one attached hydrogen (secondary N) is 3. The predicted octanol–water partition coefficient (Wildman–Crippen LogP) is 3.72. The molecule has 0 aromatic heterocycles. The van der Waals surface area contributed by atoms with E-state index in [2.05, 4.69) is 10.6 Å². The van der Waals surface area contributed by atoms with Crippen LogP contribution in [0.15, 0.2) is 60.7 Å². The van der Waals surface area contributed by atoms with Gasteiger partial charge in [0.2, 0.25) is 0 Å². The van der Waals surface area contributed by atoms with E-state index in [4.69, 9.17) is 5.41 Å². The lowest BCUT2D eigenvalue weighted by molar-refractivity contribution is 1.43. The first kappa shape index (κ1) is 13.3. The Labute approximate surface area is 111 Å². The van der Waals surface area contributed by atoms with E-state index in [0.29, 0.717) is 0 Å². The van der Waals surface area contributed by atoms with E-state index in [9.17, 15) is 0 Å². The largest absolute Gasteiger partial charge is 0.326 e. The number of para-hydroxylation sites is 2. The normalized spacial score (nSPS) is 8.94. The predicted molar refractivity (Wildman–Crippen MR) is 78.2 cm³/mol. The average molecular weight is 292 g/mol. The summed E-state index contributed by atoms with van der Waals surface area (Å²) in [5.41, 5.74) is 1.80. The summed E-state index contributed by atoms with van der Waals surface area (Å²) in [6.07, 6.45) is 0. The second-order valence-corrected chi connectivity index (χ2v) is 3.36. The molecule has 0 spiro atoms. The third-order valence-corrected chi connectivity index (χ3v) is 2.09. The molecule has 0 unspecified atom stereocenters. The molecule has 0 saturated carbocycles. The van der Waals surface area contributed by atoms with Crippen LogP contribution in [-0.4, -0.2) is 5.96 Å². The number of hydrogen-bond acceptors (Lipinski definition) is 1. The van der Waals surface area contributed by atoms with Crippen LogP contribution in [0, 0.1) is 5.41 Å². The quantitative estimate of drug-likeness (QED) is 0.583. The molecule has 2 aromatic rings. The average Bonchev–Trinajstić information content (AvgIpc) is 2.31. The smallest absolute Gasteiger partial charge is 0.197 e.